The summed E-state index contributed by atoms with van der Waals surface area (Å²) in [5.74, 6) is -2.11. The zero-order valence-electron chi connectivity index (χ0n) is 17.7. The van der Waals surface area contributed by atoms with E-state index in [1.54, 1.807) is 0 Å². The number of anilines is 1. The lowest BCUT2D eigenvalue weighted by Gasteiger charge is -2.16. The number of aliphatic carboxylic acids is 1. The van der Waals surface area contributed by atoms with Gasteiger partial charge in [0.05, 0.1) is 17.9 Å². The summed E-state index contributed by atoms with van der Waals surface area (Å²) in [5.41, 5.74) is 4.67. The molecular formula is C25H22N2O6. The van der Waals surface area contributed by atoms with E-state index in [9.17, 15) is 14.4 Å². The normalized spacial score (nSPS) is 16.8. The van der Waals surface area contributed by atoms with E-state index < -0.39 is 23.9 Å². The van der Waals surface area contributed by atoms with Gasteiger partial charge in [0.25, 0.3) is 5.91 Å². The lowest BCUT2D eigenvalue weighted by atomic mass is 9.98. The predicted octanol–water partition coefficient (Wildman–Crippen LogP) is 4.19. The lowest BCUT2D eigenvalue weighted by molar-refractivity contribution is -0.141. The first-order chi connectivity index (χ1) is 16.0. The highest BCUT2D eigenvalue weighted by molar-refractivity contribution is 6.00. The molecule has 2 amide bonds. The van der Waals surface area contributed by atoms with Crippen molar-refractivity contribution in [2.24, 2.45) is 5.92 Å². The Bertz CT molecular complexity index is 1190. The minimum atomic E-state index is -0.929. The number of hydrogen-bond donors (Lipinski definition) is 2. The second-order valence-electron chi connectivity index (χ2n) is 8.19. The van der Waals surface area contributed by atoms with E-state index in [2.05, 4.69) is 17.4 Å². The third-order valence-corrected chi connectivity index (χ3v) is 6.26. The molecule has 0 radical (unpaired) electrons. The summed E-state index contributed by atoms with van der Waals surface area (Å²) >= 11 is 0. The van der Waals surface area contributed by atoms with Gasteiger partial charge < -0.3 is 19.2 Å². The van der Waals surface area contributed by atoms with Crippen molar-refractivity contribution in [2.75, 3.05) is 25.0 Å². The Morgan fingerprint density at radius 2 is 1.70 bits per heavy atom. The average molecular weight is 446 g/mol. The molecule has 2 heterocycles. The van der Waals surface area contributed by atoms with E-state index in [-0.39, 0.29) is 30.5 Å². The van der Waals surface area contributed by atoms with Crippen molar-refractivity contribution < 1.29 is 28.6 Å². The van der Waals surface area contributed by atoms with Crippen molar-refractivity contribution >= 4 is 23.7 Å². The number of carbonyl (C=O) groups excluding carboxylic acids is 2. The summed E-state index contributed by atoms with van der Waals surface area (Å²) in [6.45, 7) is 0.577. The lowest BCUT2D eigenvalue weighted by Crippen LogP contribution is -2.30. The number of fused-ring (bicyclic) bond motifs is 3. The van der Waals surface area contributed by atoms with Gasteiger partial charge in [-0.3, -0.25) is 14.9 Å². The molecule has 0 spiro atoms. The average Bonchev–Trinajstić information content (AvgIpc) is 3.55. The van der Waals surface area contributed by atoms with Gasteiger partial charge in [-0.1, -0.05) is 48.5 Å². The molecule has 1 saturated heterocycles. The molecule has 0 bridgehead atoms. The van der Waals surface area contributed by atoms with Gasteiger partial charge in [-0.05, 0) is 28.7 Å². The Morgan fingerprint density at radius 1 is 1.03 bits per heavy atom. The molecule has 33 heavy (non-hydrogen) atoms. The van der Waals surface area contributed by atoms with Crippen LogP contribution < -0.4 is 5.32 Å². The van der Waals surface area contributed by atoms with Crippen molar-refractivity contribution in [3.05, 3.63) is 77.7 Å². The minimum absolute atomic E-state index is 0.0467. The van der Waals surface area contributed by atoms with Crippen LogP contribution in [-0.2, 0) is 9.53 Å². The zero-order valence-corrected chi connectivity index (χ0v) is 17.7. The minimum Gasteiger partial charge on any atom is -0.481 e. The van der Waals surface area contributed by atoms with Crippen LogP contribution in [0.1, 0.15) is 34.0 Å². The van der Waals surface area contributed by atoms with E-state index in [0.717, 1.165) is 22.3 Å². The third-order valence-electron chi connectivity index (χ3n) is 6.26. The van der Waals surface area contributed by atoms with Crippen molar-refractivity contribution in [1.29, 1.82) is 0 Å². The molecular weight excluding hydrogens is 424 g/mol. The SMILES string of the molecule is O=C(Nc1ccoc1C(=O)N1CCC(C(=O)O)C1)OCC1c2ccccc2-c2ccccc21. The standard InChI is InChI=1S/C25H22N2O6/c28-23(27-11-9-15(13-27)24(29)30)22-21(10-12-32-22)26-25(31)33-14-20-18-7-3-1-5-16(18)17-6-2-4-8-19(17)20/h1-8,10,12,15,20H,9,11,13-14H2,(H,26,31)(H,29,30). The first-order valence-electron chi connectivity index (χ1n) is 10.7. The van der Waals surface area contributed by atoms with Crippen LogP contribution in [0.15, 0.2) is 65.3 Å². The molecule has 168 valence electrons. The van der Waals surface area contributed by atoms with E-state index in [0.29, 0.717) is 13.0 Å². The Balaban J connectivity index is 1.25. The van der Waals surface area contributed by atoms with Crippen LogP contribution in [0, 0.1) is 5.92 Å². The highest BCUT2D eigenvalue weighted by Gasteiger charge is 2.34. The number of carboxylic acid groups (broad SMARTS) is 1. The van der Waals surface area contributed by atoms with Crippen LogP contribution in [-0.4, -0.2) is 47.7 Å². The fourth-order valence-electron chi connectivity index (χ4n) is 4.61. The van der Waals surface area contributed by atoms with E-state index in [1.807, 2.05) is 36.4 Å². The van der Waals surface area contributed by atoms with Gasteiger partial charge in [-0.2, -0.15) is 0 Å². The molecule has 1 atom stereocenters. The highest BCUT2D eigenvalue weighted by atomic mass is 16.5. The molecule has 1 aliphatic carbocycles. The number of benzene rings is 2. The number of rotatable bonds is 5. The number of ether oxygens (including phenoxy) is 1. The second-order valence-corrected chi connectivity index (χ2v) is 8.19. The molecule has 1 aromatic heterocycles. The number of nitrogens with one attached hydrogen (secondary N) is 1. The fraction of sp³-hybridized carbons (Fsp3) is 0.240. The maximum atomic E-state index is 12.8. The molecule has 8 nitrogen and oxygen atoms in total. The summed E-state index contributed by atoms with van der Waals surface area (Å²) in [7, 11) is 0. The Kier molecular flexibility index (Phi) is 5.34. The van der Waals surface area contributed by atoms with Gasteiger partial charge in [0.1, 0.15) is 6.61 Å². The van der Waals surface area contributed by atoms with Crippen LogP contribution in [0.2, 0.25) is 0 Å². The maximum Gasteiger partial charge on any atom is 0.411 e. The van der Waals surface area contributed by atoms with Gasteiger partial charge in [0, 0.05) is 25.1 Å². The molecule has 8 heteroatoms. The molecule has 1 aliphatic heterocycles. The molecule has 2 aromatic carbocycles. The number of amides is 2. The Morgan fingerprint density at radius 3 is 2.33 bits per heavy atom. The van der Waals surface area contributed by atoms with E-state index in [4.69, 9.17) is 14.3 Å². The van der Waals surface area contributed by atoms with Gasteiger partial charge in [0.2, 0.25) is 5.76 Å². The van der Waals surface area contributed by atoms with Crippen LogP contribution in [0.3, 0.4) is 0 Å². The Hall–Kier alpha value is -4.07. The van der Waals surface area contributed by atoms with Crippen molar-refractivity contribution in [1.82, 2.24) is 4.90 Å². The molecule has 1 fully saturated rings. The van der Waals surface area contributed by atoms with Crippen molar-refractivity contribution in [3.63, 3.8) is 0 Å². The van der Waals surface area contributed by atoms with Gasteiger partial charge in [-0.25, -0.2) is 4.79 Å². The van der Waals surface area contributed by atoms with Crippen LogP contribution in [0.5, 0.6) is 0 Å². The second kappa shape index (κ2) is 8.46. The number of carbonyl (C=O) groups is 3. The zero-order chi connectivity index (χ0) is 22.9. The number of nitrogens with zero attached hydrogens (tertiary/aromatic N) is 1. The quantitative estimate of drug-likeness (QED) is 0.608. The first-order valence-corrected chi connectivity index (χ1v) is 10.7. The topological polar surface area (TPSA) is 109 Å². The molecule has 2 N–H and O–H groups in total. The van der Waals surface area contributed by atoms with E-state index >= 15 is 0 Å². The Labute approximate surface area is 189 Å². The summed E-state index contributed by atoms with van der Waals surface area (Å²) in [5, 5.41) is 11.7. The molecule has 1 unspecified atom stereocenters. The number of furan rings is 1. The van der Waals surface area contributed by atoms with Gasteiger partial charge >= 0.3 is 12.1 Å². The molecule has 0 saturated carbocycles. The number of hydrogen-bond acceptors (Lipinski definition) is 5. The molecule has 3 aromatic rings. The van der Waals surface area contributed by atoms with Crippen LogP contribution in [0.25, 0.3) is 11.1 Å². The summed E-state index contributed by atoms with van der Waals surface area (Å²) < 4.78 is 10.8. The first kappa shape index (κ1) is 20.8. The maximum absolute atomic E-state index is 12.8. The monoisotopic (exact) mass is 446 g/mol. The summed E-state index contributed by atoms with van der Waals surface area (Å²) in [6.07, 6.45) is 0.991. The van der Waals surface area contributed by atoms with Crippen molar-refractivity contribution in [2.45, 2.75) is 12.3 Å². The predicted molar refractivity (Wildman–Crippen MR) is 119 cm³/mol. The van der Waals surface area contributed by atoms with Crippen LogP contribution in [0.4, 0.5) is 10.5 Å². The fourth-order valence-corrected chi connectivity index (χ4v) is 4.61. The smallest absolute Gasteiger partial charge is 0.411 e. The summed E-state index contributed by atoms with van der Waals surface area (Å²) in [4.78, 5) is 37.9. The molecule has 5 rings (SSSR count). The summed E-state index contributed by atoms with van der Waals surface area (Å²) in [6, 6.07) is 17.6. The van der Waals surface area contributed by atoms with Crippen LogP contribution >= 0.6 is 0 Å². The van der Waals surface area contributed by atoms with Gasteiger partial charge in [0.15, 0.2) is 0 Å². The van der Waals surface area contributed by atoms with E-state index in [1.165, 1.54) is 17.2 Å². The number of likely N-dealkylation sites (tertiary alicyclic amines) is 1. The largest absolute Gasteiger partial charge is 0.481 e. The third kappa shape index (κ3) is 3.84. The van der Waals surface area contributed by atoms with Crippen molar-refractivity contribution in [3.8, 4) is 11.1 Å². The number of carboxylic acids is 1. The highest BCUT2D eigenvalue weighted by Crippen LogP contribution is 2.44. The van der Waals surface area contributed by atoms with Gasteiger partial charge in [-0.15, -0.1) is 0 Å². The molecule has 2 aliphatic rings.